The Morgan fingerprint density at radius 1 is 1.11 bits per heavy atom. The molecule has 2 aromatic carbocycles. The van der Waals surface area contributed by atoms with Gasteiger partial charge in [0, 0.05) is 23.4 Å². The number of carboxylic acids is 1. The monoisotopic (exact) mass is 478 g/mol. The SMILES string of the molecule is CCCc1c(-c2ccccc2)c(-c2ccc(C)cc2F)nn1C[C@H]1CC[C@H](COCC(=O)O)CC1. The van der Waals surface area contributed by atoms with E-state index in [0.717, 1.165) is 61.8 Å². The number of halogens is 1. The summed E-state index contributed by atoms with van der Waals surface area (Å²) < 4.78 is 22.6. The Balaban J connectivity index is 1.61. The van der Waals surface area contributed by atoms with Crippen molar-refractivity contribution in [2.24, 2.45) is 11.8 Å². The molecule has 1 N–H and O–H groups in total. The number of carbonyl (C=O) groups is 1. The Hall–Kier alpha value is -2.99. The summed E-state index contributed by atoms with van der Waals surface area (Å²) in [6.45, 7) is 5.16. The highest BCUT2D eigenvalue weighted by molar-refractivity contribution is 5.83. The lowest BCUT2D eigenvalue weighted by molar-refractivity contribution is -0.142. The van der Waals surface area contributed by atoms with Crippen molar-refractivity contribution in [2.45, 2.75) is 58.9 Å². The first-order valence-electron chi connectivity index (χ1n) is 12.7. The molecule has 0 saturated heterocycles. The van der Waals surface area contributed by atoms with Crippen LogP contribution in [0.3, 0.4) is 0 Å². The summed E-state index contributed by atoms with van der Waals surface area (Å²) in [6, 6.07) is 15.6. The van der Waals surface area contributed by atoms with Crippen LogP contribution in [0.5, 0.6) is 0 Å². The highest BCUT2D eigenvalue weighted by Crippen LogP contribution is 2.38. The van der Waals surface area contributed by atoms with Gasteiger partial charge in [-0.1, -0.05) is 49.7 Å². The number of carboxylic acid groups (broad SMARTS) is 1. The average Bonchev–Trinajstić information content (AvgIpc) is 3.18. The van der Waals surface area contributed by atoms with Gasteiger partial charge >= 0.3 is 5.97 Å². The van der Waals surface area contributed by atoms with Crippen LogP contribution >= 0.6 is 0 Å². The summed E-state index contributed by atoms with van der Waals surface area (Å²) in [4.78, 5) is 10.7. The van der Waals surface area contributed by atoms with Crippen LogP contribution in [0, 0.1) is 24.6 Å². The van der Waals surface area contributed by atoms with Crippen LogP contribution in [0.25, 0.3) is 22.4 Å². The second kappa shape index (κ2) is 11.6. The Kier molecular flexibility index (Phi) is 8.34. The third-order valence-corrected chi connectivity index (χ3v) is 6.96. The first-order chi connectivity index (χ1) is 17.0. The summed E-state index contributed by atoms with van der Waals surface area (Å²) in [5.41, 5.74) is 5.42. The average molecular weight is 479 g/mol. The summed E-state index contributed by atoms with van der Waals surface area (Å²) in [6.07, 6.45) is 6.03. The lowest BCUT2D eigenvalue weighted by Gasteiger charge is -2.28. The van der Waals surface area contributed by atoms with Crippen molar-refractivity contribution in [3.63, 3.8) is 0 Å². The van der Waals surface area contributed by atoms with Crippen molar-refractivity contribution < 1.29 is 19.0 Å². The fourth-order valence-corrected chi connectivity index (χ4v) is 5.19. The second-order valence-corrected chi connectivity index (χ2v) is 9.75. The van der Waals surface area contributed by atoms with Gasteiger partial charge < -0.3 is 9.84 Å². The Bertz CT molecular complexity index is 1130. The zero-order valence-electron chi connectivity index (χ0n) is 20.7. The zero-order valence-corrected chi connectivity index (χ0v) is 20.7. The van der Waals surface area contributed by atoms with Crippen molar-refractivity contribution in [2.75, 3.05) is 13.2 Å². The lowest BCUT2D eigenvalue weighted by atomic mass is 9.82. The van der Waals surface area contributed by atoms with Gasteiger partial charge in [0.1, 0.15) is 18.1 Å². The number of hydrogen-bond acceptors (Lipinski definition) is 3. The van der Waals surface area contributed by atoms with E-state index in [1.165, 1.54) is 5.69 Å². The smallest absolute Gasteiger partial charge is 0.329 e. The maximum atomic E-state index is 15.1. The molecule has 6 heteroatoms. The molecule has 0 spiro atoms. The van der Waals surface area contributed by atoms with Crippen LogP contribution in [0.15, 0.2) is 48.5 Å². The number of nitrogens with zero attached hydrogens (tertiary/aromatic N) is 2. The molecule has 1 saturated carbocycles. The van der Waals surface area contributed by atoms with E-state index in [4.69, 9.17) is 14.9 Å². The quantitative estimate of drug-likeness (QED) is 0.360. The third kappa shape index (κ3) is 6.17. The van der Waals surface area contributed by atoms with Crippen molar-refractivity contribution >= 4 is 5.97 Å². The summed E-state index contributed by atoms with van der Waals surface area (Å²) in [5.74, 6) is -0.261. The van der Waals surface area contributed by atoms with Gasteiger partial charge in [0.15, 0.2) is 0 Å². The molecule has 0 amide bonds. The lowest BCUT2D eigenvalue weighted by Crippen LogP contribution is -2.23. The van der Waals surface area contributed by atoms with Gasteiger partial charge in [-0.3, -0.25) is 4.68 Å². The van der Waals surface area contributed by atoms with Gasteiger partial charge in [0.2, 0.25) is 0 Å². The number of aliphatic carboxylic acids is 1. The predicted molar refractivity (Wildman–Crippen MR) is 136 cm³/mol. The maximum absolute atomic E-state index is 15.1. The van der Waals surface area contributed by atoms with Crippen LogP contribution in [-0.2, 0) is 22.5 Å². The molecule has 3 aromatic rings. The molecule has 5 nitrogen and oxygen atoms in total. The molecule has 0 bridgehead atoms. The molecule has 4 rings (SSSR count). The van der Waals surface area contributed by atoms with Crippen LogP contribution in [0.4, 0.5) is 4.39 Å². The van der Waals surface area contributed by atoms with Crippen LogP contribution < -0.4 is 0 Å². The van der Waals surface area contributed by atoms with E-state index >= 15 is 4.39 Å². The summed E-state index contributed by atoms with van der Waals surface area (Å²) in [7, 11) is 0. The van der Waals surface area contributed by atoms with Crippen molar-refractivity contribution in [3.8, 4) is 22.4 Å². The van der Waals surface area contributed by atoms with Crippen LogP contribution in [0.1, 0.15) is 50.3 Å². The molecular formula is C29H35FN2O3. The minimum absolute atomic E-state index is 0.228. The van der Waals surface area contributed by atoms with E-state index in [1.807, 2.05) is 37.3 Å². The molecule has 0 unspecified atom stereocenters. The molecule has 1 heterocycles. The Labute approximate surface area is 206 Å². The number of aromatic nitrogens is 2. The van der Waals surface area contributed by atoms with Gasteiger partial charge in [-0.15, -0.1) is 0 Å². The van der Waals surface area contributed by atoms with Gasteiger partial charge in [-0.05, 0) is 74.1 Å². The van der Waals surface area contributed by atoms with E-state index in [2.05, 4.69) is 23.7 Å². The number of ether oxygens (including phenoxy) is 1. The topological polar surface area (TPSA) is 64.4 Å². The number of aryl methyl sites for hydroxylation is 1. The fourth-order valence-electron chi connectivity index (χ4n) is 5.19. The normalized spacial score (nSPS) is 18.0. The molecule has 0 radical (unpaired) electrons. The molecule has 35 heavy (non-hydrogen) atoms. The van der Waals surface area contributed by atoms with E-state index in [1.54, 1.807) is 6.07 Å². The maximum Gasteiger partial charge on any atom is 0.329 e. The first-order valence-corrected chi connectivity index (χ1v) is 12.7. The molecule has 1 aliphatic rings. The van der Waals surface area contributed by atoms with Crippen LogP contribution in [0.2, 0.25) is 0 Å². The minimum Gasteiger partial charge on any atom is -0.480 e. The Morgan fingerprint density at radius 3 is 2.49 bits per heavy atom. The van der Waals surface area contributed by atoms with Crippen molar-refractivity contribution in [1.29, 1.82) is 0 Å². The summed E-state index contributed by atoms with van der Waals surface area (Å²) >= 11 is 0. The van der Waals surface area contributed by atoms with Gasteiger partial charge in [-0.2, -0.15) is 5.10 Å². The number of hydrogen-bond donors (Lipinski definition) is 1. The zero-order chi connectivity index (χ0) is 24.8. The molecule has 186 valence electrons. The van der Waals surface area contributed by atoms with Crippen molar-refractivity contribution in [1.82, 2.24) is 9.78 Å². The predicted octanol–water partition coefficient (Wildman–Crippen LogP) is 6.52. The number of rotatable bonds is 10. The summed E-state index contributed by atoms with van der Waals surface area (Å²) in [5, 5.41) is 13.8. The molecule has 1 aromatic heterocycles. The first kappa shape index (κ1) is 25.1. The molecule has 0 aliphatic heterocycles. The van der Waals surface area contributed by atoms with Gasteiger partial charge in [0.25, 0.3) is 0 Å². The third-order valence-electron chi connectivity index (χ3n) is 6.96. The molecule has 0 atom stereocenters. The highest BCUT2D eigenvalue weighted by Gasteiger charge is 2.26. The van der Waals surface area contributed by atoms with Crippen LogP contribution in [-0.4, -0.2) is 34.1 Å². The van der Waals surface area contributed by atoms with E-state index < -0.39 is 5.97 Å². The molecule has 1 fully saturated rings. The second-order valence-electron chi connectivity index (χ2n) is 9.75. The van der Waals surface area contributed by atoms with E-state index in [9.17, 15) is 4.79 Å². The number of benzene rings is 2. The standard InChI is InChI=1S/C29H35FN2O3/c1-3-7-26-28(23-8-5-4-6-9-23)29(24-15-10-20(2)16-25(24)30)31-32(26)17-21-11-13-22(14-12-21)18-35-19-27(33)34/h4-6,8-10,15-16,21-22H,3,7,11-14,17-19H2,1-2H3,(H,33,34)/t21-,22-. The van der Waals surface area contributed by atoms with Gasteiger partial charge in [0.05, 0.1) is 6.61 Å². The fraction of sp³-hybridized carbons (Fsp3) is 0.448. The van der Waals surface area contributed by atoms with Crippen molar-refractivity contribution in [3.05, 3.63) is 65.6 Å². The molecule has 1 aliphatic carbocycles. The Morgan fingerprint density at radius 2 is 1.83 bits per heavy atom. The minimum atomic E-state index is -0.921. The molecular weight excluding hydrogens is 443 g/mol. The highest BCUT2D eigenvalue weighted by atomic mass is 19.1. The largest absolute Gasteiger partial charge is 0.480 e. The van der Waals surface area contributed by atoms with E-state index in [-0.39, 0.29) is 12.4 Å². The van der Waals surface area contributed by atoms with E-state index in [0.29, 0.717) is 29.7 Å². The van der Waals surface area contributed by atoms with Gasteiger partial charge in [-0.25, -0.2) is 9.18 Å².